The molecular formula is C26H20N2O3. The SMILES string of the molecule is O=C(NC1c2ccccc2Oc2ccccc21)c1cccn(Cc2ccccc2)c1=O. The van der Waals surface area contributed by atoms with Gasteiger partial charge in [-0.15, -0.1) is 0 Å². The topological polar surface area (TPSA) is 60.3 Å². The van der Waals surface area contributed by atoms with Gasteiger partial charge >= 0.3 is 0 Å². The summed E-state index contributed by atoms with van der Waals surface area (Å²) in [4.78, 5) is 26.2. The molecule has 1 aliphatic rings. The highest BCUT2D eigenvalue weighted by Crippen LogP contribution is 2.42. The molecule has 0 unspecified atom stereocenters. The average molecular weight is 408 g/mol. The number of benzene rings is 3. The van der Waals surface area contributed by atoms with E-state index < -0.39 is 11.9 Å². The third kappa shape index (κ3) is 3.62. The minimum absolute atomic E-state index is 0.111. The van der Waals surface area contributed by atoms with Crippen LogP contribution >= 0.6 is 0 Å². The maximum absolute atomic E-state index is 13.2. The van der Waals surface area contributed by atoms with Gasteiger partial charge in [0.25, 0.3) is 11.5 Å². The highest BCUT2D eigenvalue weighted by molar-refractivity contribution is 5.94. The molecule has 0 atom stereocenters. The van der Waals surface area contributed by atoms with Crippen molar-refractivity contribution in [3.8, 4) is 11.5 Å². The van der Waals surface area contributed by atoms with E-state index >= 15 is 0 Å². The summed E-state index contributed by atoms with van der Waals surface area (Å²) in [6.07, 6.45) is 1.70. The highest BCUT2D eigenvalue weighted by Gasteiger charge is 2.29. The number of nitrogens with one attached hydrogen (secondary N) is 1. The first-order valence-corrected chi connectivity index (χ1v) is 10.1. The number of hydrogen-bond acceptors (Lipinski definition) is 3. The molecule has 0 saturated carbocycles. The van der Waals surface area contributed by atoms with Gasteiger partial charge in [0.15, 0.2) is 0 Å². The third-order valence-electron chi connectivity index (χ3n) is 5.42. The lowest BCUT2D eigenvalue weighted by Crippen LogP contribution is -2.36. The largest absolute Gasteiger partial charge is 0.457 e. The first-order valence-electron chi connectivity index (χ1n) is 10.1. The van der Waals surface area contributed by atoms with E-state index in [4.69, 9.17) is 4.74 Å². The van der Waals surface area contributed by atoms with Crippen LogP contribution in [0.25, 0.3) is 0 Å². The molecule has 1 N–H and O–H groups in total. The standard InChI is InChI=1S/C26H20N2O3/c29-25(21-13-8-16-28(26(21)30)17-18-9-2-1-3-10-18)27-24-19-11-4-6-14-22(19)31-23-15-7-5-12-20(23)24/h1-16,24H,17H2,(H,27,29). The molecule has 0 fully saturated rings. The van der Waals surface area contributed by atoms with Crippen molar-refractivity contribution in [2.75, 3.05) is 0 Å². The predicted octanol–water partition coefficient (Wildman–Crippen LogP) is 4.52. The van der Waals surface area contributed by atoms with Gasteiger partial charge < -0.3 is 14.6 Å². The van der Waals surface area contributed by atoms with Crippen LogP contribution in [0, 0.1) is 0 Å². The lowest BCUT2D eigenvalue weighted by atomic mass is 9.94. The van der Waals surface area contributed by atoms with E-state index in [1.807, 2.05) is 78.9 Å². The van der Waals surface area contributed by atoms with E-state index in [0.717, 1.165) is 16.7 Å². The van der Waals surface area contributed by atoms with Crippen molar-refractivity contribution in [3.05, 3.63) is 130 Å². The molecular weight excluding hydrogens is 388 g/mol. The van der Waals surface area contributed by atoms with Crippen molar-refractivity contribution in [2.24, 2.45) is 0 Å². The smallest absolute Gasteiger partial charge is 0.263 e. The van der Waals surface area contributed by atoms with Gasteiger partial charge in [0, 0.05) is 17.3 Å². The van der Waals surface area contributed by atoms with Crippen molar-refractivity contribution < 1.29 is 9.53 Å². The first-order chi connectivity index (χ1) is 15.2. The molecule has 3 aromatic carbocycles. The maximum Gasteiger partial charge on any atom is 0.263 e. The van der Waals surface area contributed by atoms with Crippen LogP contribution in [0.2, 0.25) is 0 Å². The average Bonchev–Trinajstić information content (AvgIpc) is 2.81. The van der Waals surface area contributed by atoms with Crippen LogP contribution in [0.3, 0.4) is 0 Å². The van der Waals surface area contributed by atoms with E-state index in [9.17, 15) is 9.59 Å². The molecule has 1 aliphatic heterocycles. The summed E-state index contributed by atoms with van der Waals surface area (Å²) in [6.45, 7) is 0.406. The zero-order chi connectivity index (χ0) is 21.2. The first kappa shape index (κ1) is 18.9. The minimum atomic E-state index is -0.413. The Morgan fingerprint density at radius 1 is 0.806 bits per heavy atom. The monoisotopic (exact) mass is 408 g/mol. The van der Waals surface area contributed by atoms with E-state index in [1.54, 1.807) is 22.9 Å². The van der Waals surface area contributed by atoms with Crippen LogP contribution in [0.1, 0.15) is 33.1 Å². The normalized spacial score (nSPS) is 12.4. The number of nitrogens with zero attached hydrogens (tertiary/aromatic N) is 1. The molecule has 5 rings (SSSR count). The predicted molar refractivity (Wildman–Crippen MR) is 119 cm³/mol. The second-order valence-corrected chi connectivity index (χ2v) is 7.42. The van der Waals surface area contributed by atoms with Crippen molar-refractivity contribution in [3.63, 3.8) is 0 Å². The zero-order valence-corrected chi connectivity index (χ0v) is 16.7. The van der Waals surface area contributed by atoms with Crippen LogP contribution in [-0.2, 0) is 6.54 Å². The summed E-state index contributed by atoms with van der Waals surface area (Å²) in [5.74, 6) is 0.978. The molecule has 31 heavy (non-hydrogen) atoms. The van der Waals surface area contributed by atoms with Crippen molar-refractivity contribution in [1.29, 1.82) is 0 Å². The Kier molecular flexibility index (Phi) is 4.84. The molecule has 5 heteroatoms. The van der Waals surface area contributed by atoms with Crippen LogP contribution in [0.5, 0.6) is 11.5 Å². The van der Waals surface area contributed by atoms with Gasteiger partial charge in [0.05, 0.1) is 12.6 Å². The molecule has 1 amide bonds. The number of amides is 1. The van der Waals surface area contributed by atoms with Crippen LogP contribution in [0.15, 0.2) is 102 Å². The molecule has 0 radical (unpaired) electrons. The summed E-state index contributed by atoms with van der Waals surface area (Å²) in [5, 5.41) is 3.05. The Hall–Kier alpha value is -4.12. The van der Waals surface area contributed by atoms with Crippen LogP contribution < -0.4 is 15.6 Å². The van der Waals surface area contributed by atoms with E-state index in [1.165, 1.54) is 0 Å². The van der Waals surface area contributed by atoms with E-state index in [-0.39, 0.29) is 11.1 Å². The molecule has 2 heterocycles. The second-order valence-electron chi connectivity index (χ2n) is 7.42. The fraction of sp³-hybridized carbons (Fsp3) is 0.0769. The van der Waals surface area contributed by atoms with Gasteiger partial charge in [0.1, 0.15) is 17.1 Å². The molecule has 4 aromatic rings. The number of fused-ring (bicyclic) bond motifs is 2. The summed E-state index contributed by atoms with van der Waals surface area (Å²) < 4.78 is 7.54. The second kappa shape index (κ2) is 7.95. The van der Waals surface area contributed by atoms with E-state index in [2.05, 4.69) is 5.32 Å². The van der Waals surface area contributed by atoms with Gasteiger partial charge in [-0.25, -0.2) is 0 Å². The Bertz CT molecular complexity index is 1270. The van der Waals surface area contributed by atoms with Crippen molar-refractivity contribution in [1.82, 2.24) is 9.88 Å². The van der Waals surface area contributed by atoms with Crippen LogP contribution in [0.4, 0.5) is 0 Å². The third-order valence-corrected chi connectivity index (χ3v) is 5.42. The summed E-state index contributed by atoms with van der Waals surface area (Å²) in [6, 6.07) is 27.8. The number of rotatable bonds is 4. The van der Waals surface area contributed by atoms with Gasteiger partial charge in [-0.3, -0.25) is 9.59 Å². The molecule has 0 spiro atoms. The summed E-state index contributed by atoms with van der Waals surface area (Å²) in [5.41, 5.74) is 2.50. The minimum Gasteiger partial charge on any atom is -0.457 e. The fourth-order valence-corrected chi connectivity index (χ4v) is 3.89. The molecule has 5 nitrogen and oxygen atoms in total. The van der Waals surface area contributed by atoms with E-state index in [0.29, 0.717) is 18.0 Å². The van der Waals surface area contributed by atoms with Crippen molar-refractivity contribution >= 4 is 5.91 Å². The zero-order valence-electron chi connectivity index (χ0n) is 16.7. The molecule has 0 bridgehead atoms. The van der Waals surface area contributed by atoms with Crippen molar-refractivity contribution in [2.45, 2.75) is 12.6 Å². The lowest BCUT2D eigenvalue weighted by molar-refractivity contribution is 0.0939. The van der Waals surface area contributed by atoms with Gasteiger partial charge in [-0.1, -0.05) is 66.7 Å². The van der Waals surface area contributed by atoms with Gasteiger partial charge in [-0.05, 0) is 29.8 Å². The van der Waals surface area contributed by atoms with Crippen LogP contribution in [-0.4, -0.2) is 10.5 Å². The quantitative estimate of drug-likeness (QED) is 0.540. The Morgan fingerprint density at radius 3 is 2.10 bits per heavy atom. The summed E-state index contributed by atoms with van der Waals surface area (Å²) >= 11 is 0. The number of aromatic nitrogens is 1. The number of hydrogen-bond donors (Lipinski definition) is 1. The number of pyridine rings is 1. The van der Waals surface area contributed by atoms with Gasteiger partial charge in [0.2, 0.25) is 0 Å². The number of ether oxygens (including phenoxy) is 1. The molecule has 1 aromatic heterocycles. The Balaban J connectivity index is 1.48. The molecule has 0 aliphatic carbocycles. The van der Waals surface area contributed by atoms with Gasteiger partial charge in [-0.2, -0.15) is 0 Å². The molecule has 152 valence electrons. The lowest BCUT2D eigenvalue weighted by Gasteiger charge is -2.28. The highest BCUT2D eigenvalue weighted by atomic mass is 16.5. The number of carbonyl (C=O) groups excluding carboxylic acids is 1. The fourth-order valence-electron chi connectivity index (χ4n) is 3.89. The summed E-state index contributed by atoms with van der Waals surface area (Å²) in [7, 11) is 0. The number of carbonyl (C=O) groups is 1. The Morgan fingerprint density at radius 2 is 1.42 bits per heavy atom. The maximum atomic E-state index is 13.2. The number of para-hydroxylation sites is 2. The molecule has 0 saturated heterocycles. The Labute approximate surface area is 179 Å².